The summed E-state index contributed by atoms with van der Waals surface area (Å²) in [5.74, 6) is 0.0178. The second kappa shape index (κ2) is 6.53. The molecule has 1 aromatic carbocycles. The number of para-hydroxylation sites is 1. The molecule has 1 amide bonds. The van der Waals surface area contributed by atoms with Crippen LogP contribution < -0.4 is 4.90 Å². The molecule has 7 heteroatoms. The summed E-state index contributed by atoms with van der Waals surface area (Å²) in [5.41, 5.74) is 3.30. The van der Waals surface area contributed by atoms with E-state index in [0.29, 0.717) is 24.7 Å². The molecule has 1 aliphatic carbocycles. The van der Waals surface area contributed by atoms with Crippen LogP contribution in [0.4, 0.5) is 5.69 Å². The number of nitrogens with zero attached hydrogens (tertiary/aromatic N) is 5. The Bertz CT molecular complexity index is 1000. The maximum Gasteiger partial charge on any atom is 0.255 e. The lowest BCUT2D eigenvalue weighted by molar-refractivity contribution is 0.0746. The second-order valence-electron chi connectivity index (χ2n) is 7.18. The smallest absolute Gasteiger partial charge is 0.255 e. The molecule has 0 spiro atoms. The van der Waals surface area contributed by atoms with Crippen LogP contribution in [0.3, 0.4) is 0 Å². The van der Waals surface area contributed by atoms with Gasteiger partial charge in [-0.2, -0.15) is 0 Å². The normalized spacial score (nSPS) is 17.5. The fourth-order valence-electron chi connectivity index (χ4n) is 3.70. The number of carbonyl (C=O) groups excluding carboxylic acids is 1. The fraction of sp³-hybridized carbons (Fsp3) is 0.350. The van der Waals surface area contributed by atoms with Gasteiger partial charge in [-0.05, 0) is 31.0 Å². The number of hydrogen-bond acceptors (Lipinski definition) is 4. The Balaban J connectivity index is 1.30. The van der Waals surface area contributed by atoms with Gasteiger partial charge in [0.2, 0.25) is 0 Å². The Morgan fingerprint density at radius 3 is 2.59 bits per heavy atom. The van der Waals surface area contributed by atoms with Gasteiger partial charge in [-0.3, -0.25) is 4.79 Å². The number of pyridine rings is 1. The van der Waals surface area contributed by atoms with Crippen molar-refractivity contribution in [3.63, 3.8) is 0 Å². The van der Waals surface area contributed by atoms with E-state index in [4.69, 9.17) is 11.6 Å². The van der Waals surface area contributed by atoms with Crippen molar-refractivity contribution in [3.05, 3.63) is 53.4 Å². The molecule has 0 atom stereocenters. The molecule has 3 heterocycles. The summed E-state index contributed by atoms with van der Waals surface area (Å²) in [5, 5.41) is 0.748. The maximum atomic E-state index is 12.9. The first-order valence-electron chi connectivity index (χ1n) is 9.32. The number of piperazine rings is 1. The molecule has 138 valence electrons. The van der Waals surface area contributed by atoms with E-state index >= 15 is 0 Å². The van der Waals surface area contributed by atoms with Crippen molar-refractivity contribution in [2.45, 2.75) is 18.9 Å². The molecule has 1 saturated heterocycles. The molecule has 0 N–H and O–H groups in total. The molecule has 6 nitrogen and oxygen atoms in total. The highest BCUT2D eigenvalue weighted by Gasteiger charge is 2.27. The Kier molecular flexibility index (Phi) is 4.01. The third-order valence-corrected chi connectivity index (χ3v) is 5.68. The Labute approximate surface area is 162 Å². The molecule has 3 aromatic rings. The van der Waals surface area contributed by atoms with Crippen molar-refractivity contribution in [1.82, 2.24) is 19.4 Å². The van der Waals surface area contributed by atoms with E-state index < -0.39 is 0 Å². The van der Waals surface area contributed by atoms with Crippen LogP contribution in [0.1, 0.15) is 29.2 Å². The molecule has 0 unspecified atom stereocenters. The van der Waals surface area contributed by atoms with Crippen LogP contribution in [-0.4, -0.2) is 51.5 Å². The van der Waals surface area contributed by atoms with Gasteiger partial charge in [0.05, 0.1) is 22.6 Å². The molecule has 1 saturated carbocycles. The van der Waals surface area contributed by atoms with E-state index in [1.54, 1.807) is 6.20 Å². The summed E-state index contributed by atoms with van der Waals surface area (Å²) in [4.78, 5) is 26.0. The molecule has 2 aromatic heterocycles. The Morgan fingerprint density at radius 1 is 1.07 bits per heavy atom. The van der Waals surface area contributed by atoms with Crippen LogP contribution in [0.25, 0.3) is 11.2 Å². The van der Waals surface area contributed by atoms with Gasteiger partial charge in [0, 0.05) is 38.4 Å². The van der Waals surface area contributed by atoms with Crippen molar-refractivity contribution in [2.24, 2.45) is 0 Å². The summed E-state index contributed by atoms with van der Waals surface area (Å²) in [6.07, 6.45) is 5.89. The van der Waals surface area contributed by atoms with E-state index in [0.717, 1.165) is 35.0 Å². The van der Waals surface area contributed by atoms with E-state index in [1.165, 1.54) is 12.8 Å². The predicted molar refractivity (Wildman–Crippen MR) is 105 cm³/mol. The molecule has 0 radical (unpaired) electrons. The quantitative estimate of drug-likeness (QED) is 0.698. The van der Waals surface area contributed by atoms with Crippen molar-refractivity contribution in [1.29, 1.82) is 0 Å². The highest BCUT2D eigenvalue weighted by atomic mass is 35.5. The third kappa shape index (κ3) is 3.04. The third-order valence-electron chi connectivity index (χ3n) is 5.36. The molecule has 2 fully saturated rings. The molecule has 5 rings (SSSR count). The van der Waals surface area contributed by atoms with Crippen molar-refractivity contribution in [3.8, 4) is 0 Å². The number of rotatable bonds is 3. The molecule has 2 aliphatic rings. The number of halogens is 1. The summed E-state index contributed by atoms with van der Waals surface area (Å²) in [7, 11) is 0. The molecular weight excluding hydrogens is 362 g/mol. The first-order valence-corrected chi connectivity index (χ1v) is 9.70. The highest BCUT2D eigenvalue weighted by Crippen LogP contribution is 2.36. The van der Waals surface area contributed by atoms with E-state index in [-0.39, 0.29) is 5.91 Å². The zero-order chi connectivity index (χ0) is 18.4. The van der Waals surface area contributed by atoms with Gasteiger partial charge in [0.25, 0.3) is 5.91 Å². The number of benzene rings is 1. The molecule has 27 heavy (non-hydrogen) atoms. The van der Waals surface area contributed by atoms with Gasteiger partial charge in [-0.15, -0.1) is 0 Å². The summed E-state index contributed by atoms with van der Waals surface area (Å²) in [6, 6.07) is 10.2. The number of aromatic nitrogens is 3. The Morgan fingerprint density at radius 2 is 1.85 bits per heavy atom. The van der Waals surface area contributed by atoms with Crippen LogP contribution in [0, 0.1) is 0 Å². The van der Waals surface area contributed by atoms with Gasteiger partial charge in [0.15, 0.2) is 5.65 Å². The molecule has 1 aliphatic heterocycles. The lowest BCUT2D eigenvalue weighted by Crippen LogP contribution is -2.48. The topological polar surface area (TPSA) is 54.3 Å². The van der Waals surface area contributed by atoms with Gasteiger partial charge in [-0.1, -0.05) is 23.7 Å². The number of fused-ring (bicyclic) bond motifs is 1. The van der Waals surface area contributed by atoms with Gasteiger partial charge >= 0.3 is 0 Å². The van der Waals surface area contributed by atoms with E-state index in [2.05, 4.69) is 19.4 Å². The van der Waals surface area contributed by atoms with Crippen LogP contribution in [0.15, 0.2) is 42.9 Å². The van der Waals surface area contributed by atoms with Gasteiger partial charge in [-0.25, -0.2) is 9.97 Å². The van der Waals surface area contributed by atoms with Crippen LogP contribution >= 0.6 is 11.6 Å². The number of hydrogen-bond donors (Lipinski definition) is 0. The SMILES string of the molecule is O=C(c1cnc2c(c1)ncn2C1CC1)N1CCN(c2ccccc2Cl)CC1. The number of anilines is 1. The van der Waals surface area contributed by atoms with Gasteiger partial charge < -0.3 is 14.4 Å². The fourth-order valence-corrected chi connectivity index (χ4v) is 3.95. The number of amides is 1. The Hall–Kier alpha value is -2.60. The summed E-state index contributed by atoms with van der Waals surface area (Å²) in [6.45, 7) is 2.86. The average molecular weight is 382 g/mol. The van der Waals surface area contributed by atoms with Gasteiger partial charge in [0.1, 0.15) is 5.52 Å². The maximum absolute atomic E-state index is 12.9. The van der Waals surface area contributed by atoms with Crippen LogP contribution in [-0.2, 0) is 0 Å². The van der Waals surface area contributed by atoms with E-state index in [9.17, 15) is 4.79 Å². The minimum atomic E-state index is 0.0178. The monoisotopic (exact) mass is 381 g/mol. The first kappa shape index (κ1) is 16.6. The lowest BCUT2D eigenvalue weighted by Gasteiger charge is -2.36. The first-order chi connectivity index (χ1) is 13.2. The minimum absolute atomic E-state index is 0.0178. The summed E-state index contributed by atoms with van der Waals surface area (Å²) >= 11 is 6.30. The lowest BCUT2D eigenvalue weighted by atomic mass is 10.2. The number of imidazole rings is 1. The largest absolute Gasteiger partial charge is 0.367 e. The van der Waals surface area contributed by atoms with Crippen molar-refractivity contribution in [2.75, 3.05) is 31.1 Å². The average Bonchev–Trinajstić information content (AvgIpc) is 3.47. The van der Waals surface area contributed by atoms with Crippen LogP contribution in [0.2, 0.25) is 5.02 Å². The van der Waals surface area contributed by atoms with Crippen molar-refractivity contribution < 1.29 is 4.79 Å². The standard InChI is InChI=1S/C20H20ClN5O/c21-16-3-1-2-4-18(16)24-7-9-25(10-8-24)20(27)14-11-17-19(22-12-14)26(13-23-17)15-5-6-15/h1-4,11-13,15H,5-10H2. The highest BCUT2D eigenvalue weighted by molar-refractivity contribution is 6.33. The number of carbonyl (C=O) groups is 1. The zero-order valence-corrected chi connectivity index (χ0v) is 15.6. The molecule has 0 bridgehead atoms. The van der Waals surface area contributed by atoms with E-state index in [1.807, 2.05) is 41.6 Å². The van der Waals surface area contributed by atoms with Crippen LogP contribution in [0.5, 0.6) is 0 Å². The second-order valence-corrected chi connectivity index (χ2v) is 7.59. The minimum Gasteiger partial charge on any atom is -0.367 e. The predicted octanol–water partition coefficient (Wildman–Crippen LogP) is 3.38. The zero-order valence-electron chi connectivity index (χ0n) is 14.9. The van der Waals surface area contributed by atoms with Crippen molar-refractivity contribution >= 4 is 34.4 Å². The molecular formula is C20H20ClN5O. The summed E-state index contributed by atoms with van der Waals surface area (Å²) < 4.78 is 2.12.